The van der Waals surface area contributed by atoms with Crippen LogP contribution in [-0.2, 0) is 6.54 Å². The number of piperazine rings is 1. The largest absolute Gasteiger partial charge is 0.336 e. The highest BCUT2D eigenvalue weighted by Crippen LogP contribution is 2.14. The Labute approximate surface area is 146 Å². The second-order valence-corrected chi connectivity index (χ2v) is 6.18. The van der Waals surface area contributed by atoms with E-state index in [9.17, 15) is 4.79 Å². The van der Waals surface area contributed by atoms with Crippen molar-refractivity contribution in [2.75, 3.05) is 26.2 Å². The Kier molecular flexibility index (Phi) is 5.09. The summed E-state index contributed by atoms with van der Waals surface area (Å²) < 4.78 is 0. The Bertz CT molecular complexity index is 744. The minimum Gasteiger partial charge on any atom is -0.336 e. The van der Waals surface area contributed by atoms with Crippen LogP contribution in [-0.4, -0.2) is 46.9 Å². The molecule has 0 unspecified atom stereocenters. The van der Waals surface area contributed by atoms with Gasteiger partial charge in [-0.1, -0.05) is 23.7 Å². The lowest BCUT2D eigenvalue weighted by Gasteiger charge is -2.34. The molecule has 3 rings (SSSR count). The summed E-state index contributed by atoms with van der Waals surface area (Å²) >= 11 is 5.90. The van der Waals surface area contributed by atoms with Crippen LogP contribution in [0.2, 0.25) is 5.02 Å². The van der Waals surface area contributed by atoms with Gasteiger partial charge in [-0.2, -0.15) is 5.26 Å². The van der Waals surface area contributed by atoms with E-state index in [4.69, 9.17) is 16.9 Å². The van der Waals surface area contributed by atoms with Crippen molar-refractivity contribution in [2.24, 2.45) is 0 Å². The van der Waals surface area contributed by atoms with Crippen molar-refractivity contribution in [2.45, 2.75) is 6.54 Å². The summed E-state index contributed by atoms with van der Waals surface area (Å²) in [5, 5.41) is 9.50. The maximum Gasteiger partial charge on any atom is 0.255 e. The van der Waals surface area contributed by atoms with Gasteiger partial charge in [0.1, 0.15) is 11.8 Å². The van der Waals surface area contributed by atoms with Crippen LogP contribution in [0.1, 0.15) is 21.6 Å². The van der Waals surface area contributed by atoms with Crippen LogP contribution in [0.4, 0.5) is 0 Å². The molecular formula is C18H17ClN4O. The number of nitrogens with zero attached hydrogens (tertiary/aromatic N) is 4. The average Bonchev–Trinajstić information content (AvgIpc) is 2.64. The third-order valence-corrected chi connectivity index (χ3v) is 4.36. The average molecular weight is 341 g/mol. The highest BCUT2D eigenvalue weighted by atomic mass is 35.5. The summed E-state index contributed by atoms with van der Waals surface area (Å²) in [6.45, 7) is 3.90. The predicted octanol–water partition coefficient (Wildman–Crippen LogP) is 2.56. The highest BCUT2D eigenvalue weighted by Gasteiger charge is 2.22. The third kappa shape index (κ3) is 3.91. The number of hydrogen-bond donors (Lipinski definition) is 0. The number of halogens is 1. The van der Waals surface area contributed by atoms with Gasteiger partial charge in [-0.15, -0.1) is 0 Å². The molecule has 1 saturated heterocycles. The van der Waals surface area contributed by atoms with Gasteiger partial charge in [0.25, 0.3) is 5.91 Å². The van der Waals surface area contributed by atoms with Gasteiger partial charge in [0.15, 0.2) is 0 Å². The first kappa shape index (κ1) is 16.4. The molecule has 24 heavy (non-hydrogen) atoms. The van der Waals surface area contributed by atoms with E-state index in [1.54, 1.807) is 12.1 Å². The fourth-order valence-electron chi connectivity index (χ4n) is 2.73. The molecule has 0 atom stereocenters. The number of pyridine rings is 1. The first-order chi connectivity index (χ1) is 11.7. The highest BCUT2D eigenvalue weighted by molar-refractivity contribution is 6.30. The number of carbonyl (C=O) groups excluding carboxylic acids is 1. The quantitative estimate of drug-likeness (QED) is 0.861. The maximum absolute atomic E-state index is 12.5. The topological polar surface area (TPSA) is 60.2 Å². The Morgan fingerprint density at radius 2 is 1.83 bits per heavy atom. The normalized spacial score (nSPS) is 15.1. The fourth-order valence-corrected chi connectivity index (χ4v) is 2.85. The number of aromatic nitrogens is 1. The molecule has 5 nitrogen and oxygen atoms in total. The van der Waals surface area contributed by atoms with Gasteiger partial charge >= 0.3 is 0 Å². The molecule has 1 aliphatic rings. The molecule has 1 aromatic carbocycles. The van der Waals surface area contributed by atoms with Crippen LogP contribution in [0.5, 0.6) is 0 Å². The smallest absolute Gasteiger partial charge is 0.255 e. The second kappa shape index (κ2) is 7.43. The molecule has 122 valence electrons. The molecule has 2 heterocycles. The molecule has 0 bridgehead atoms. The first-order valence-electron chi connectivity index (χ1n) is 7.78. The Morgan fingerprint density at radius 1 is 1.12 bits per heavy atom. The second-order valence-electron chi connectivity index (χ2n) is 5.74. The fraction of sp³-hybridized carbons (Fsp3) is 0.278. The first-order valence-corrected chi connectivity index (χ1v) is 8.16. The molecule has 0 saturated carbocycles. The molecule has 1 fully saturated rings. The van der Waals surface area contributed by atoms with E-state index in [2.05, 4.69) is 9.88 Å². The van der Waals surface area contributed by atoms with Gasteiger partial charge in [-0.25, -0.2) is 4.98 Å². The minimum atomic E-state index is -0.0295. The number of carbonyl (C=O) groups is 1. The van der Waals surface area contributed by atoms with Gasteiger partial charge in [0, 0.05) is 43.9 Å². The molecule has 2 aromatic rings. The molecule has 0 N–H and O–H groups in total. The predicted molar refractivity (Wildman–Crippen MR) is 91.6 cm³/mol. The van der Waals surface area contributed by atoms with Gasteiger partial charge in [0.05, 0.1) is 5.56 Å². The third-order valence-electron chi connectivity index (χ3n) is 4.10. The van der Waals surface area contributed by atoms with Crippen LogP contribution in [0.3, 0.4) is 0 Å². The van der Waals surface area contributed by atoms with Crippen LogP contribution in [0, 0.1) is 11.3 Å². The number of hydrogen-bond acceptors (Lipinski definition) is 4. The van der Waals surface area contributed by atoms with E-state index >= 15 is 0 Å². The molecule has 6 heteroatoms. The van der Waals surface area contributed by atoms with E-state index in [0.717, 1.165) is 24.7 Å². The molecule has 1 aromatic heterocycles. The molecule has 1 amide bonds. The summed E-state index contributed by atoms with van der Waals surface area (Å²) in [5.74, 6) is -0.0295. The van der Waals surface area contributed by atoms with Crippen LogP contribution in [0.15, 0.2) is 42.6 Å². The van der Waals surface area contributed by atoms with Crippen molar-refractivity contribution in [1.29, 1.82) is 5.26 Å². The van der Waals surface area contributed by atoms with Crippen molar-refractivity contribution in [3.05, 3.63) is 64.4 Å². The Balaban J connectivity index is 1.55. The Hall–Kier alpha value is -2.42. The SMILES string of the molecule is N#Cc1ccc(C(=O)N2CCN(Cc3ccc(Cl)cc3)CC2)cn1. The molecule has 1 aliphatic heterocycles. The van der Waals surface area contributed by atoms with Gasteiger partial charge < -0.3 is 4.90 Å². The molecule has 0 spiro atoms. The summed E-state index contributed by atoms with van der Waals surface area (Å²) in [4.78, 5) is 20.6. The molecule has 0 radical (unpaired) electrons. The number of amides is 1. The van der Waals surface area contributed by atoms with Crippen molar-refractivity contribution in [3.63, 3.8) is 0 Å². The number of nitriles is 1. The minimum absolute atomic E-state index is 0.0295. The van der Waals surface area contributed by atoms with E-state index in [1.807, 2.05) is 35.2 Å². The van der Waals surface area contributed by atoms with Gasteiger partial charge in [-0.3, -0.25) is 9.69 Å². The van der Waals surface area contributed by atoms with Gasteiger partial charge in [0.2, 0.25) is 0 Å². The van der Waals surface area contributed by atoms with Crippen molar-refractivity contribution >= 4 is 17.5 Å². The zero-order valence-corrected chi connectivity index (χ0v) is 13.9. The number of benzene rings is 1. The van der Waals surface area contributed by atoms with Crippen molar-refractivity contribution in [3.8, 4) is 6.07 Å². The summed E-state index contributed by atoms with van der Waals surface area (Å²) in [7, 11) is 0. The maximum atomic E-state index is 12.5. The standard InChI is InChI=1S/C18H17ClN4O/c19-16-4-1-14(2-5-16)13-22-7-9-23(10-8-22)18(24)15-3-6-17(11-20)21-12-15/h1-6,12H,7-10,13H2. The van der Waals surface area contributed by atoms with E-state index in [0.29, 0.717) is 24.3 Å². The monoisotopic (exact) mass is 340 g/mol. The summed E-state index contributed by atoms with van der Waals surface area (Å²) in [6, 6.07) is 13.0. The van der Waals surface area contributed by atoms with Crippen LogP contribution >= 0.6 is 11.6 Å². The lowest BCUT2D eigenvalue weighted by Crippen LogP contribution is -2.48. The van der Waals surface area contributed by atoms with E-state index < -0.39 is 0 Å². The van der Waals surface area contributed by atoms with Crippen molar-refractivity contribution in [1.82, 2.24) is 14.8 Å². The Morgan fingerprint density at radius 3 is 2.42 bits per heavy atom. The zero-order chi connectivity index (χ0) is 16.9. The molecule has 0 aliphatic carbocycles. The zero-order valence-electron chi connectivity index (χ0n) is 13.2. The summed E-state index contributed by atoms with van der Waals surface area (Å²) in [6.07, 6.45) is 1.47. The van der Waals surface area contributed by atoms with Crippen LogP contribution < -0.4 is 0 Å². The number of rotatable bonds is 3. The van der Waals surface area contributed by atoms with Crippen LogP contribution in [0.25, 0.3) is 0 Å². The molecular weight excluding hydrogens is 324 g/mol. The summed E-state index contributed by atoms with van der Waals surface area (Å²) in [5.41, 5.74) is 2.06. The van der Waals surface area contributed by atoms with E-state index in [-0.39, 0.29) is 5.91 Å². The van der Waals surface area contributed by atoms with E-state index in [1.165, 1.54) is 11.8 Å². The van der Waals surface area contributed by atoms with Crippen molar-refractivity contribution < 1.29 is 4.79 Å². The lowest BCUT2D eigenvalue weighted by atomic mass is 10.2. The lowest BCUT2D eigenvalue weighted by molar-refractivity contribution is 0.0628. The van der Waals surface area contributed by atoms with Gasteiger partial charge in [-0.05, 0) is 29.8 Å².